The van der Waals surface area contributed by atoms with Crippen molar-refractivity contribution in [1.82, 2.24) is 5.32 Å². The summed E-state index contributed by atoms with van der Waals surface area (Å²) < 4.78 is 40.1. The van der Waals surface area contributed by atoms with E-state index in [0.717, 1.165) is 24.3 Å². The van der Waals surface area contributed by atoms with Crippen molar-refractivity contribution in [3.63, 3.8) is 0 Å². The fourth-order valence-corrected chi connectivity index (χ4v) is 1.80. The average Bonchev–Trinajstić information content (AvgIpc) is 2.57. The Morgan fingerprint density at radius 2 is 1.79 bits per heavy atom. The Labute approximate surface area is 134 Å². The lowest BCUT2D eigenvalue weighted by Gasteiger charge is -2.08. The number of nitrogens with zero attached hydrogens (tertiary/aromatic N) is 1. The first-order valence-corrected chi connectivity index (χ1v) is 6.64. The largest absolute Gasteiger partial charge is 0.344 e. The SMILES string of the molecule is N#Cc1ccc(CNC(=O)C(=O)Nc2cccc(F)c2F)c(F)c1. The molecule has 0 spiro atoms. The van der Waals surface area contributed by atoms with Crippen molar-refractivity contribution in [3.05, 3.63) is 65.0 Å². The van der Waals surface area contributed by atoms with Crippen LogP contribution in [0.25, 0.3) is 0 Å². The molecule has 5 nitrogen and oxygen atoms in total. The molecule has 122 valence electrons. The number of hydrogen-bond donors (Lipinski definition) is 2. The number of carbonyl (C=O) groups excluding carboxylic acids is 2. The number of nitriles is 1. The third-order valence-corrected chi connectivity index (χ3v) is 3.03. The molecular formula is C16H10F3N3O2. The highest BCUT2D eigenvalue weighted by molar-refractivity contribution is 6.39. The molecule has 0 bridgehead atoms. The Morgan fingerprint density at radius 3 is 2.46 bits per heavy atom. The van der Waals surface area contributed by atoms with Gasteiger partial charge >= 0.3 is 11.8 Å². The summed E-state index contributed by atoms with van der Waals surface area (Å²) in [5.41, 5.74) is -0.311. The van der Waals surface area contributed by atoms with E-state index >= 15 is 0 Å². The molecule has 0 fully saturated rings. The molecule has 2 aromatic carbocycles. The third kappa shape index (κ3) is 3.89. The lowest BCUT2D eigenvalue weighted by Crippen LogP contribution is -2.35. The fourth-order valence-electron chi connectivity index (χ4n) is 1.80. The van der Waals surface area contributed by atoms with Crippen molar-refractivity contribution in [2.45, 2.75) is 6.54 Å². The van der Waals surface area contributed by atoms with Crippen molar-refractivity contribution in [1.29, 1.82) is 5.26 Å². The van der Waals surface area contributed by atoms with Gasteiger partial charge in [0.1, 0.15) is 5.82 Å². The first-order valence-electron chi connectivity index (χ1n) is 6.64. The molecule has 0 saturated carbocycles. The molecule has 2 aromatic rings. The highest BCUT2D eigenvalue weighted by Gasteiger charge is 2.17. The Balaban J connectivity index is 1.98. The predicted molar refractivity (Wildman–Crippen MR) is 77.9 cm³/mol. The summed E-state index contributed by atoms with van der Waals surface area (Å²) in [6, 6.07) is 8.50. The second-order valence-corrected chi connectivity index (χ2v) is 4.66. The van der Waals surface area contributed by atoms with Gasteiger partial charge in [-0.1, -0.05) is 12.1 Å². The molecule has 0 aromatic heterocycles. The maximum atomic E-state index is 13.6. The molecule has 0 aliphatic rings. The highest BCUT2D eigenvalue weighted by atomic mass is 19.2. The van der Waals surface area contributed by atoms with Crippen LogP contribution in [0.1, 0.15) is 11.1 Å². The van der Waals surface area contributed by atoms with Gasteiger partial charge in [0, 0.05) is 12.1 Å². The minimum atomic E-state index is -1.29. The zero-order chi connectivity index (χ0) is 17.7. The zero-order valence-corrected chi connectivity index (χ0v) is 12.1. The van der Waals surface area contributed by atoms with Crippen LogP contribution in [0.15, 0.2) is 36.4 Å². The number of benzene rings is 2. The Bertz CT molecular complexity index is 847. The number of rotatable bonds is 3. The molecule has 0 saturated heterocycles. The summed E-state index contributed by atoms with van der Waals surface area (Å²) >= 11 is 0. The molecule has 0 aliphatic carbocycles. The second kappa shape index (κ2) is 7.28. The van der Waals surface area contributed by atoms with Crippen molar-refractivity contribution >= 4 is 17.5 Å². The quantitative estimate of drug-likeness (QED) is 0.845. The normalized spacial score (nSPS) is 9.92. The molecule has 0 unspecified atom stereocenters. The molecular weight excluding hydrogens is 323 g/mol. The molecule has 24 heavy (non-hydrogen) atoms. The monoisotopic (exact) mass is 333 g/mol. The Kier molecular flexibility index (Phi) is 5.16. The van der Waals surface area contributed by atoms with E-state index in [-0.39, 0.29) is 17.7 Å². The smallest absolute Gasteiger partial charge is 0.313 e. The van der Waals surface area contributed by atoms with Gasteiger partial charge in [0.05, 0.1) is 17.3 Å². The third-order valence-electron chi connectivity index (χ3n) is 3.03. The van der Waals surface area contributed by atoms with E-state index in [0.29, 0.717) is 0 Å². The summed E-state index contributed by atoms with van der Waals surface area (Å²) in [5.74, 6) is -5.56. The first-order chi connectivity index (χ1) is 11.4. The summed E-state index contributed by atoms with van der Waals surface area (Å²) in [6.45, 7) is -0.310. The van der Waals surface area contributed by atoms with Crippen LogP contribution >= 0.6 is 0 Å². The fraction of sp³-hybridized carbons (Fsp3) is 0.0625. The molecule has 8 heteroatoms. The van der Waals surface area contributed by atoms with Crippen LogP contribution in [0.4, 0.5) is 18.9 Å². The van der Waals surface area contributed by atoms with Crippen molar-refractivity contribution < 1.29 is 22.8 Å². The summed E-state index contributed by atoms with van der Waals surface area (Å²) in [6.07, 6.45) is 0. The lowest BCUT2D eigenvalue weighted by molar-refractivity contribution is -0.136. The standard InChI is InChI=1S/C16H10F3N3O2/c17-11-2-1-3-13(14(11)19)22-16(24)15(23)21-8-10-5-4-9(7-20)6-12(10)18/h1-6H,8H2,(H,21,23)(H,22,24). The number of amides is 2. The maximum absolute atomic E-state index is 13.6. The Hall–Kier alpha value is -3.34. The summed E-state index contributed by atoms with van der Waals surface area (Å²) in [5, 5.41) is 12.7. The molecule has 0 heterocycles. The van der Waals surface area contributed by atoms with Gasteiger partial charge in [-0.25, -0.2) is 13.2 Å². The van der Waals surface area contributed by atoms with Crippen LogP contribution in [-0.2, 0) is 16.1 Å². The van der Waals surface area contributed by atoms with Gasteiger partial charge in [-0.2, -0.15) is 5.26 Å². The number of nitrogens with one attached hydrogen (secondary N) is 2. The topological polar surface area (TPSA) is 82.0 Å². The van der Waals surface area contributed by atoms with Gasteiger partial charge in [-0.05, 0) is 24.3 Å². The van der Waals surface area contributed by atoms with Gasteiger partial charge < -0.3 is 10.6 Å². The highest BCUT2D eigenvalue weighted by Crippen LogP contribution is 2.16. The molecule has 2 amide bonds. The molecule has 0 atom stereocenters. The molecule has 0 aliphatic heterocycles. The van der Waals surface area contributed by atoms with Crippen molar-refractivity contribution in [2.75, 3.05) is 5.32 Å². The van der Waals surface area contributed by atoms with Gasteiger partial charge in [0.15, 0.2) is 11.6 Å². The van der Waals surface area contributed by atoms with Gasteiger partial charge in [0.25, 0.3) is 0 Å². The van der Waals surface area contributed by atoms with Gasteiger partial charge in [-0.15, -0.1) is 0 Å². The van der Waals surface area contributed by atoms with E-state index in [1.807, 2.05) is 5.32 Å². The number of halogens is 3. The van der Waals surface area contributed by atoms with Gasteiger partial charge in [-0.3, -0.25) is 9.59 Å². The molecule has 2 N–H and O–H groups in total. The van der Waals surface area contributed by atoms with E-state index in [1.165, 1.54) is 12.1 Å². The van der Waals surface area contributed by atoms with Crippen LogP contribution in [0.3, 0.4) is 0 Å². The van der Waals surface area contributed by atoms with Crippen molar-refractivity contribution in [3.8, 4) is 6.07 Å². The Morgan fingerprint density at radius 1 is 1.04 bits per heavy atom. The van der Waals surface area contributed by atoms with E-state index in [9.17, 15) is 22.8 Å². The maximum Gasteiger partial charge on any atom is 0.313 e. The van der Waals surface area contributed by atoms with E-state index in [4.69, 9.17) is 5.26 Å². The zero-order valence-electron chi connectivity index (χ0n) is 12.1. The molecule has 0 radical (unpaired) electrons. The van der Waals surface area contributed by atoms with Gasteiger partial charge in [0.2, 0.25) is 0 Å². The van der Waals surface area contributed by atoms with Crippen LogP contribution in [0, 0.1) is 28.8 Å². The van der Waals surface area contributed by atoms with Crippen LogP contribution in [-0.4, -0.2) is 11.8 Å². The summed E-state index contributed by atoms with van der Waals surface area (Å²) in [7, 11) is 0. The van der Waals surface area contributed by atoms with Crippen molar-refractivity contribution in [2.24, 2.45) is 0 Å². The number of anilines is 1. The van der Waals surface area contributed by atoms with Crippen LogP contribution in [0.5, 0.6) is 0 Å². The van der Waals surface area contributed by atoms with Crippen LogP contribution < -0.4 is 10.6 Å². The average molecular weight is 333 g/mol. The predicted octanol–water partition coefficient (Wildman–Crippen LogP) is 2.23. The molecule has 2 rings (SSSR count). The van der Waals surface area contributed by atoms with E-state index in [1.54, 1.807) is 6.07 Å². The minimum absolute atomic E-state index is 0.0621. The number of carbonyl (C=O) groups is 2. The number of hydrogen-bond acceptors (Lipinski definition) is 3. The summed E-state index contributed by atoms with van der Waals surface area (Å²) in [4.78, 5) is 23.3. The minimum Gasteiger partial charge on any atom is -0.344 e. The lowest BCUT2D eigenvalue weighted by atomic mass is 10.1. The second-order valence-electron chi connectivity index (χ2n) is 4.66. The van der Waals surface area contributed by atoms with E-state index < -0.39 is 35.0 Å². The van der Waals surface area contributed by atoms with Crippen LogP contribution in [0.2, 0.25) is 0 Å². The van der Waals surface area contributed by atoms with E-state index in [2.05, 4.69) is 5.32 Å². The first kappa shape index (κ1) is 17.0.